The van der Waals surface area contributed by atoms with E-state index in [0.29, 0.717) is 51.6 Å². The number of carbonyl (C=O) groups is 2. The number of hydrogen-bond acceptors (Lipinski definition) is 8. The summed E-state index contributed by atoms with van der Waals surface area (Å²) in [4.78, 5) is 20.8. The van der Waals surface area contributed by atoms with E-state index >= 15 is 0 Å². The predicted molar refractivity (Wildman–Crippen MR) is 100.0 cm³/mol. The van der Waals surface area contributed by atoms with Crippen molar-refractivity contribution in [2.45, 2.75) is 52.4 Å². The van der Waals surface area contributed by atoms with Crippen molar-refractivity contribution < 1.29 is 35.5 Å². The van der Waals surface area contributed by atoms with Gasteiger partial charge >= 0.3 is 37.7 Å². The van der Waals surface area contributed by atoms with Gasteiger partial charge in [0.25, 0.3) is 0 Å². The second-order valence-electron chi connectivity index (χ2n) is 5.61. The van der Waals surface area contributed by atoms with Gasteiger partial charge in [-0.3, -0.25) is 9.59 Å². The summed E-state index contributed by atoms with van der Waals surface area (Å²) in [5, 5.41) is 5.15. The van der Waals surface area contributed by atoms with E-state index in [4.69, 9.17) is 0 Å². The van der Waals surface area contributed by atoms with E-state index < -0.39 is 20.2 Å². The Morgan fingerprint density at radius 3 is 1.19 bits per heavy atom. The molecule has 0 saturated heterocycles. The van der Waals surface area contributed by atoms with E-state index in [1.165, 1.54) is 13.8 Å². The maximum absolute atomic E-state index is 10.4. The molecule has 0 spiro atoms. The molecule has 0 heterocycles. The van der Waals surface area contributed by atoms with Crippen LogP contribution in [0.15, 0.2) is 0 Å². The van der Waals surface area contributed by atoms with E-state index in [-0.39, 0.29) is 61.1 Å². The predicted octanol–water partition coefficient (Wildman–Crippen LogP) is -0.705. The van der Waals surface area contributed by atoms with E-state index in [1.807, 2.05) is 0 Å². The summed E-state index contributed by atoms with van der Waals surface area (Å²) in [6, 6.07) is 0. The van der Waals surface area contributed by atoms with Crippen LogP contribution in [0, 0.1) is 0 Å². The normalized spacial score (nSPS) is 10.8. The van der Waals surface area contributed by atoms with Crippen molar-refractivity contribution in [2.75, 3.05) is 24.6 Å². The summed E-state index contributed by atoms with van der Waals surface area (Å²) in [6.07, 6.45) is 3.42. The fraction of sp³-hybridized carbons (Fsp3) is 0.857. The molecule has 156 valence electrons. The van der Waals surface area contributed by atoms with Crippen LogP contribution in [0.25, 0.3) is 0 Å². The van der Waals surface area contributed by atoms with Gasteiger partial charge in [-0.05, 0) is 25.7 Å². The summed E-state index contributed by atoms with van der Waals surface area (Å²) < 4.78 is 60.9. The quantitative estimate of drug-likeness (QED) is 0.220. The molecule has 0 fully saturated rings. The summed E-state index contributed by atoms with van der Waals surface area (Å²) in [7, 11) is -8.13. The average Bonchev–Trinajstić information content (AvgIpc) is 2.44. The topological polar surface area (TPSA) is 173 Å². The monoisotopic (exact) mass is 456 g/mol. The number of nitrogens with one attached hydrogen (secondary N) is 2. The summed E-state index contributed by atoms with van der Waals surface area (Å²) in [5.74, 6) is -0.826. The first-order valence-corrected chi connectivity index (χ1v) is 11.3. The third-order valence-electron chi connectivity index (χ3n) is 2.89. The van der Waals surface area contributed by atoms with Crippen molar-refractivity contribution in [1.29, 1.82) is 0 Å². The number of hydrogen-bond donors (Lipinski definition) is 2. The summed E-state index contributed by atoms with van der Waals surface area (Å²) in [5.41, 5.74) is 0. The van der Waals surface area contributed by atoms with Crippen LogP contribution >= 0.6 is 0 Å². The van der Waals surface area contributed by atoms with Crippen LogP contribution in [0.3, 0.4) is 0 Å². The molecule has 0 aliphatic rings. The molecule has 0 aliphatic carbocycles. The van der Waals surface area contributed by atoms with Crippen molar-refractivity contribution in [3.63, 3.8) is 0 Å². The van der Waals surface area contributed by atoms with Gasteiger partial charge in [0.2, 0.25) is 11.8 Å². The molecule has 13 heteroatoms. The summed E-state index contributed by atoms with van der Waals surface area (Å²) >= 11 is 0. The molecular weight excluding hydrogens is 428 g/mol. The standard InChI is InChI=1S/2C7H15NO4S.Ca/c2*1-7(9)8-5-3-2-4-6-13(10,11)12;/h2*2-6H2,1H3,(H,8,9)(H,10,11,12);/q;;+2/p-2. The van der Waals surface area contributed by atoms with Gasteiger partial charge in [-0.2, -0.15) is 0 Å². The van der Waals surface area contributed by atoms with Crippen LogP contribution < -0.4 is 10.6 Å². The minimum Gasteiger partial charge on any atom is -0.748 e. The van der Waals surface area contributed by atoms with E-state index in [1.54, 1.807) is 0 Å². The third kappa shape index (κ3) is 37.5. The van der Waals surface area contributed by atoms with Crippen molar-refractivity contribution in [2.24, 2.45) is 0 Å². The smallest absolute Gasteiger partial charge is 0.748 e. The van der Waals surface area contributed by atoms with E-state index in [9.17, 15) is 35.5 Å². The second-order valence-corrected chi connectivity index (χ2v) is 8.66. The zero-order valence-corrected chi connectivity index (χ0v) is 19.7. The van der Waals surface area contributed by atoms with Gasteiger partial charge in [-0.25, -0.2) is 16.8 Å². The van der Waals surface area contributed by atoms with Crippen molar-refractivity contribution in [3.05, 3.63) is 0 Å². The number of rotatable bonds is 12. The molecule has 0 radical (unpaired) electrons. The van der Waals surface area contributed by atoms with E-state index in [0.717, 1.165) is 0 Å². The molecule has 27 heavy (non-hydrogen) atoms. The molecule has 10 nitrogen and oxygen atoms in total. The minimum absolute atomic E-state index is 0. The molecule has 0 aliphatic heterocycles. The van der Waals surface area contributed by atoms with Gasteiger partial charge in [0.05, 0.1) is 20.2 Å². The van der Waals surface area contributed by atoms with Crippen LogP contribution in [0.5, 0.6) is 0 Å². The molecule has 2 N–H and O–H groups in total. The van der Waals surface area contributed by atoms with Crippen LogP contribution in [0.2, 0.25) is 0 Å². The SMILES string of the molecule is CC(=O)NCCCCCS(=O)(=O)[O-].CC(=O)NCCCCCS(=O)(=O)[O-].[Ca+2]. The largest absolute Gasteiger partial charge is 2.00 e. The Hall–Kier alpha value is 0.0197. The third-order valence-corrected chi connectivity index (χ3v) is 4.47. The molecule has 0 bridgehead atoms. The van der Waals surface area contributed by atoms with E-state index in [2.05, 4.69) is 10.6 Å². The molecule has 0 unspecified atom stereocenters. The van der Waals surface area contributed by atoms with Gasteiger partial charge in [-0.1, -0.05) is 12.8 Å². The number of unbranched alkanes of at least 4 members (excludes halogenated alkanes) is 4. The van der Waals surface area contributed by atoms with Crippen LogP contribution in [0.4, 0.5) is 0 Å². The Morgan fingerprint density at radius 1 is 0.667 bits per heavy atom. The Kier molecular flexibility index (Phi) is 21.2. The fourth-order valence-electron chi connectivity index (χ4n) is 1.69. The molecule has 0 aromatic heterocycles. The molecule has 0 rings (SSSR count). The second kappa shape index (κ2) is 18.1. The van der Waals surface area contributed by atoms with Gasteiger partial charge < -0.3 is 19.7 Å². The van der Waals surface area contributed by atoms with Crippen LogP contribution in [-0.4, -0.2) is 100 Å². The Bertz CT molecular complexity index is 555. The van der Waals surface area contributed by atoms with Crippen molar-refractivity contribution >= 4 is 69.8 Å². The van der Waals surface area contributed by atoms with Crippen molar-refractivity contribution in [3.8, 4) is 0 Å². The van der Waals surface area contributed by atoms with Crippen molar-refractivity contribution in [1.82, 2.24) is 10.6 Å². The first-order valence-electron chi connectivity index (χ1n) is 8.19. The number of carbonyl (C=O) groups excluding carboxylic acids is 2. The van der Waals surface area contributed by atoms with Gasteiger partial charge in [0, 0.05) is 38.4 Å². The Morgan fingerprint density at radius 2 is 0.963 bits per heavy atom. The minimum atomic E-state index is -4.06. The molecule has 2 amide bonds. The molecule has 0 aromatic carbocycles. The summed E-state index contributed by atoms with van der Waals surface area (Å²) in [6.45, 7) is 3.91. The maximum atomic E-state index is 10.4. The zero-order valence-electron chi connectivity index (χ0n) is 15.9. The van der Waals surface area contributed by atoms with Crippen LogP contribution in [-0.2, 0) is 29.8 Å². The van der Waals surface area contributed by atoms with Gasteiger partial charge in [0.1, 0.15) is 0 Å². The molecule has 0 atom stereocenters. The Labute approximate surface area is 191 Å². The molecule has 0 saturated carbocycles. The van der Waals surface area contributed by atoms with Gasteiger partial charge in [0.15, 0.2) is 0 Å². The molecular formula is C14H28CaN2O8S2. The van der Waals surface area contributed by atoms with Gasteiger partial charge in [-0.15, -0.1) is 0 Å². The first kappa shape index (κ1) is 31.7. The maximum Gasteiger partial charge on any atom is 2.00 e. The average molecular weight is 457 g/mol. The molecule has 0 aromatic rings. The Balaban J connectivity index is -0.000000411. The first-order chi connectivity index (χ1) is 11.8. The number of amides is 2. The van der Waals surface area contributed by atoms with Crippen LogP contribution in [0.1, 0.15) is 52.4 Å². The fourth-order valence-corrected chi connectivity index (χ4v) is 2.81. The zero-order chi connectivity index (χ0) is 20.6.